The van der Waals surface area contributed by atoms with Gasteiger partial charge in [-0.25, -0.2) is 0 Å². The van der Waals surface area contributed by atoms with Gasteiger partial charge in [-0.2, -0.15) is 0 Å². The van der Waals surface area contributed by atoms with Gasteiger partial charge in [-0.05, 0) is 41.7 Å². The van der Waals surface area contributed by atoms with E-state index >= 15 is 0 Å². The molecule has 2 N–H and O–H groups in total. The molecular formula is C19H25N2O4S-. The molecule has 0 bridgehead atoms. The highest BCUT2D eigenvalue weighted by Gasteiger charge is 2.21. The monoisotopic (exact) mass is 377 g/mol. The van der Waals surface area contributed by atoms with E-state index in [1.807, 2.05) is 37.4 Å². The fraction of sp³-hybridized carbons (Fsp3) is 0.368. The summed E-state index contributed by atoms with van der Waals surface area (Å²) in [6.07, 6.45) is 0.814. The summed E-state index contributed by atoms with van der Waals surface area (Å²) in [7, 11) is 5.09. The summed E-state index contributed by atoms with van der Waals surface area (Å²) in [5.74, 6) is 0.703. The second-order valence-electron chi connectivity index (χ2n) is 5.68. The predicted octanol–water partition coefficient (Wildman–Crippen LogP) is 2.69. The Bertz CT molecular complexity index is 739. The second kappa shape index (κ2) is 10.3. The van der Waals surface area contributed by atoms with Crippen molar-refractivity contribution in [2.75, 3.05) is 39.7 Å². The zero-order valence-electron chi connectivity index (χ0n) is 15.3. The Morgan fingerprint density at radius 3 is 2.50 bits per heavy atom. The quantitative estimate of drug-likeness (QED) is 0.489. The van der Waals surface area contributed by atoms with E-state index in [0.29, 0.717) is 24.5 Å². The van der Waals surface area contributed by atoms with Crippen LogP contribution in [0.4, 0.5) is 5.69 Å². The molecule has 2 aromatic carbocycles. The van der Waals surface area contributed by atoms with Crippen molar-refractivity contribution in [3.63, 3.8) is 0 Å². The van der Waals surface area contributed by atoms with Crippen molar-refractivity contribution in [1.82, 2.24) is 5.32 Å². The molecule has 0 saturated heterocycles. The second-order valence-corrected chi connectivity index (χ2v) is 6.59. The Balaban J connectivity index is 2.51. The third kappa shape index (κ3) is 4.82. The van der Waals surface area contributed by atoms with Gasteiger partial charge in [0, 0.05) is 31.2 Å². The van der Waals surface area contributed by atoms with Crippen LogP contribution >= 0.6 is 0 Å². The summed E-state index contributed by atoms with van der Waals surface area (Å²) in [4.78, 5) is 0.279. The summed E-state index contributed by atoms with van der Waals surface area (Å²) in [5, 5.41) is 6.63. The van der Waals surface area contributed by atoms with Crippen LogP contribution in [-0.2, 0) is 15.8 Å². The van der Waals surface area contributed by atoms with Gasteiger partial charge in [0.2, 0.25) is 0 Å². The molecule has 0 saturated carbocycles. The van der Waals surface area contributed by atoms with E-state index < -0.39 is 11.1 Å². The lowest BCUT2D eigenvalue weighted by molar-refractivity contribution is 0.193. The van der Waals surface area contributed by atoms with Crippen LogP contribution in [0.2, 0.25) is 0 Å². The van der Waals surface area contributed by atoms with Crippen LogP contribution in [0.5, 0.6) is 5.75 Å². The van der Waals surface area contributed by atoms with Gasteiger partial charge in [0.25, 0.3) is 0 Å². The van der Waals surface area contributed by atoms with Gasteiger partial charge >= 0.3 is 0 Å². The number of nitrogens with one attached hydrogen (secondary N) is 2. The number of benzene rings is 2. The van der Waals surface area contributed by atoms with E-state index in [9.17, 15) is 8.76 Å². The molecule has 2 unspecified atom stereocenters. The van der Waals surface area contributed by atoms with E-state index in [4.69, 9.17) is 9.47 Å². The Morgan fingerprint density at radius 2 is 1.85 bits per heavy atom. The summed E-state index contributed by atoms with van der Waals surface area (Å²) in [6.45, 7) is 1.31. The van der Waals surface area contributed by atoms with E-state index in [1.165, 1.54) is 0 Å². The lowest BCUT2D eigenvalue weighted by Crippen LogP contribution is -2.26. The lowest BCUT2D eigenvalue weighted by atomic mass is 9.96. The first kappa shape index (κ1) is 20.4. The van der Waals surface area contributed by atoms with E-state index in [2.05, 4.69) is 10.6 Å². The molecule has 0 spiro atoms. The molecule has 2 aromatic rings. The first-order chi connectivity index (χ1) is 12.6. The van der Waals surface area contributed by atoms with Gasteiger partial charge in [-0.1, -0.05) is 30.3 Å². The summed E-state index contributed by atoms with van der Waals surface area (Å²) in [6, 6.07) is 12.4. The highest BCUT2D eigenvalue weighted by Crippen LogP contribution is 2.36. The van der Waals surface area contributed by atoms with Crippen LogP contribution < -0.4 is 15.4 Å². The number of anilines is 1. The van der Waals surface area contributed by atoms with Gasteiger partial charge in [0.05, 0.1) is 18.8 Å². The number of ether oxygens (including phenoxy) is 2. The number of hydrogen-bond donors (Lipinski definition) is 2. The van der Waals surface area contributed by atoms with Crippen molar-refractivity contribution in [1.29, 1.82) is 0 Å². The standard InChI is InChI=1S/C19H26N2O4S/c1-20-19-15(9-6-10-16(19)25-3)18(21-12-7-13-24-2)14-8-4-5-11-17(14)26(22)23/h4-6,8-11,18,20-21H,7,12-13H2,1-3H3,(H,22,23)/p-1. The molecule has 7 heteroatoms. The van der Waals surface area contributed by atoms with Crippen LogP contribution in [0, 0.1) is 0 Å². The molecule has 0 aliphatic carbocycles. The summed E-state index contributed by atoms with van der Waals surface area (Å²) < 4.78 is 34.0. The minimum absolute atomic E-state index is 0.279. The normalized spacial score (nSPS) is 13.2. The molecule has 0 amide bonds. The minimum Gasteiger partial charge on any atom is -0.768 e. The fourth-order valence-electron chi connectivity index (χ4n) is 2.95. The molecular weight excluding hydrogens is 352 g/mol. The highest BCUT2D eigenvalue weighted by atomic mass is 32.2. The first-order valence-corrected chi connectivity index (χ1v) is 9.46. The zero-order valence-corrected chi connectivity index (χ0v) is 16.1. The van der Waals surface area contributed by atoms with Gasteiger partial charge in [-0.15, -0.1) is 0 Å². The van der Waals surface area contributed by atoms with Crippen LogP contribution in [0.3, 0.4) is 0 Å². The van der Waals surface area contributed by atoms with Crippen molar-refractivity contribution >= 4 is 16.8 Å². The van der Waals surface area contributed by atoms with Crippen molar-refractivity contribution in [2.24, 2.45) is 0 Å². The Kier molecular flexibility index (Phi) is 8.06. The molecule has 2 rings (SSSR count). The highest BCUT2D eigenvalue weighted by molar-refractivity contribution is 7.79. The third-order valence-electron chi connectivity index (χ3n) is 4.12. The SMILES string of the molecule is CNc1c(OC)cccc1C(NCCCOC)c1ccccc1S(=O)[O-]. The first-order valence-electron chi connectivity index (χ1n) is 8.39. The van der Waals surface area contributed by atoms with Gasteiger partial charge in [-0.3, -0.25) is 4.21 Å². The number of rotatable bonds is 10. The summed E-state index contributed by atoms with van der Waals surface area (Å²) >= 11 is -2.33. The molecule has 2 atom stereocenters. The molecule has 6 nitrogen and oxygen atoms in total. The maximum Gasteiger partial charge on any atom is 0.142 e. The van der Waals surface area contributed by atoms with Crippen LogP contribution in [0.25, 0.3) is 0 Å². The van der Waals surface area contributed by atoms with Crippen molar-refractivity contribution in [2.45, 2.75) is 17.4 Å². The van der Waals surface area contributed by atoms with Crippen molar-refractivity contribution < 1.29 is 18.2 Å². The minimum atomic E-state index is -2.33. The van der Waals surface area contributed by atoms with Crippen LogP contribution in [-0.4, -0.2) is 43.2 Å². The molecule has 0 aromatic heterocycles. The van der Waals surface area contributed by atoms with E-state index in [1.54, 1.807) is 26.4 Å². The van der Waals surface area contributed by atoms with Gasteiger partial charge in [0.15, 0.2) is 0 Å². The van der Waals surface area contributed by atoms with Crippen LogP contribution in [0.15, 0.2) is 47.4 Å². The molecule has 142 valence electrons. The largest absolute Gasteiger partial charge is 0.768 e. The maximum atomic E-state index is 11.7. The Hall–Kier alpha value is -1.93. The molecule has 26 heavy (non-hydrogen) atoms. The summed E-state index contributed by atoms with van der Waals surface area (Å²) in [5.41, 5.74) is 2.44. The molecule has 0 heterocycles. The Labute approximate surface area is 157 Å². The van der Waals surface area contributed by atoms with E-state index in [0.717, 1.165) is 17.7 Å². The van der Waals surface area contributed by atoms with Crippen molar-refractivity contribution in [3.05, 3.63) is 53.6 Å². The van der Waals surface area contributed by atoms with Crippen LogP contribution in [0.1, 0.15) is 23.6 Å². The van der Waals surface area contributed by atoms with Crippen molar-refractivity contribution in [3.8, 4) is 5.75 Å². The zero-order chi connectivity index (χ0) is 18.9. The number of para-hydroxylation sites is 1. The van der Waals surface area contributed by atoms with E-state index in [-0.39, 0.29) is 10.9 Å². The average Bonchev–Trinajstić information content (AvgIpc) is 2.67. The predicted molar refractivity (Wildman–Crippen MR) is 103 cm³/mol. The topological polar surface area (TPSA) is 82.6 Å². The maximum absolute atomic E-state index is 11.7. The average molecular weight is 377 g/mol. The molecule has 0 aliphatic rings. The fourth-order valence-corrected chi connectivity index (χ4v) is 3.52. The van der Waals surface area contributed by atoms with Gasteiger partial charge < -0.3 is 24.7 Å². The van der Waals surface area contributed by atoms with Gasteiger partial charge in [0.1, 0.15) is 5.75 Å². The molecule has 0 fully saturated rings. The third-order valence-corrected chi connectivity index (χ3v) is 4.85. The Morgan fingerprint density at radius 1 is 1.12 bits per heavy atom. The smallest absolute Gasteiger partial charge is 0.142 e. The molecule has 0 radical (unpaired) electrons. The number of methoxy groups -OCH3 is 2. The lowest BCUT2D eigenvalue weighted by Gasteiger charge is -2.26. The molecule has 0 aliphatic heterocycles. The number of hydrogen-bond acceptors (Lipinski definition) is 6.